The van der Waals surface area contributed by atoms with Gasteiger partial charge in [-0.25, -0.2) is 0 Å². The zero-order valence-corrected chi connectivity index (χ0v) is 10.7. The van der Waals surface area contributed by atoms with E-state index in [-0.39, 0.29) is 5.56 Å². The number of hydrogen-bond acceptors (Lipinski definition) is 3. The lowest BCUT2D eigenvalue weighted by atomic mass is 9.76. The van der Waals surface area contributed by atoms with Crippen LogP contribution < -0.4 is 5.73 Å². The quantitative estimate of drug-likeness (QED) is 0.666. The summed E-state index contributed by atoms with van der Waals surface area (Å²) in [5.41, 5.74) is 3.94. The second kappa shape index (κ2) is 5.05. The number of nitrogens with two attached hydrogens (primary N) is 1. The van der Waals surface area contributed by atoms with Crippen LogP contribution in [0.4, 0.5) is 18.9 Å². The van der Waals surface area contributed by atoms with Gasteiger partial charge in [0.05, 0.1) is 10.5 Å². The first-order valence-electron chi connectivity index (χ1n) is 6.39. The smallest absolute Gasteiger partial charge is 0.321 e. The van der Waals surface area contributed by atoms with Crippen LogP contribution in [-0.2, 0) is 11.7 Å². The third kappa shape index (κ3) is 2.77. The van der Waals surface area contributed by atoms with Gasteiger partial charge in [0, 0.05) is 17.2 Å². The fourth-order valence-corrected chi connectivity index (χ4v) is 2.73. The van der Waals surface area contributed by atoms with Crippen LogP contribution >= 0.6 is 0 Å². The summed E-state index contributed by atoms with van der Waals surface area (Å²) < 4.78 is 37.9. The lowest BCUT2D eigenvalue weighted by Crippen LogP contribution is -2.39. The minimum Gasteiger partial charge on any atom is -0.321 e. The number of nitrogens with zero attached hydrogens (tertiary/aromatic N) is 1. The van der Waals surface area contributed by atoms with Crippen LogP contribution in [0.15, 0.2) is 18.2 Å². The third-order valence-electron chi connectivity index (χ3n) is 3.80. The van der Waals surface area contributed by atoms with E-state index in [9.17, 15) is 23.3 Å². The summed E-state index contributed by atoms with van der Waals surface area (Å²) in [7, 11) is 0. The summed E-state index contributed by atoms with van der Waals surface area (Å²) >= 11 is 0. The second-order valence-corrected chi connectivity index (χ2v) is 5.20. The molecule has 0 bridgehead atoms. The molecule has 20 heavy (non-hydrogen) atoms. The molecule has 0 spiro atoms. The topological polar surface area (TPSA) is 69.2 Å². The highest BCUT2D eigenvalue weighted by molar-refractivity contribution is 5.48. The van der Waals surface area contributed by atoms with E-state index in [0.29, 0.717) is 18.9 Å². The highest BCUT2D eigenvalue weighted by Crippen LogP contribution is 2.41. The Kier molecular flexibility index (Phi) is 3.73. The molecule has 2 N–H and O–H groups in total. The van der Waals surface area contributed by atoms with Gasteiger partial charge in [-0.15, -0.1) is 0 Å². The molecule has 0 aromatic heterocycles. The lowest BCUT2D eigenvalue weighted by Gasteiger charge is -2.33. The van der Waals surface area contributed by atoms with E-state index in [1.807, 2.05) is 0 Å². The minimum absolute atomic E-state index is 0.204. The van der Waals surface area contributed by atoms with E-state index in [1.165, 1.54) is 0 Å². The van der Waals surface area contributed by atoms with E-state index in [2.05, 4.69) is 0 Å². The maximum Gasteiger partial charge on any atom is 0.416 e. The summed E-state index contributed by atoms with van der Waals surface area (Å²) in [6, 6.07) is 2.61. The number of hydrogen-bond donors (Lipinski definition) is 1. The van der Waals surface area contributed by atoms with Gasteiger partial charge in [-0.3, -0.25) is 10.1 Å². The van der Waals surface area contributed by atoms with Crippen molar-refractivity contribution in [2.45, 2.75) is 43.8 Å². The summed E-state index contributed by atoms with van der Waals surface area (Å²) in [6.45, 7) is 0. The Morgan fingerprint density at radius 3 is 2.30 bits per heavy atom. The molecular formula is C13H15F3N2O2. The fraction of sp³-hybridized carbons (Fsp3) is 0.538. The number of benzene rings is 1. The maximum absolute atomic E-state index is 12.6. The van der Waals surface area contributed by atoms with E-state index in [1.54, 1.807) is 0 Å². The molecule has 1 aromatic carbocycles. The predicted octanol–water partition coefficient (Wildman–Crippen LogP) is 3.73. The molecule has 1 aliphatic rings. The van der Waals surface area contributed by atoms with Crippen molar-refractivity contribution in [1.82, 2.24) is 0 Å². The summed E-state index contributed by atoms with van der Waals surface area (Å²) in [4.78, 5) is 10.3. The van der Waals surface area contributed by atoms with Crippen molar-refractivity contribution in [2.75, 3.05) is 0 Å². The van der Waals surface area contributed by atoms with Gasteiger partial charge in [0.2, 0.25) is 0 Å². The summed E-state index contributed by atoms with van der Waals surface area (Å²) in [5, 5.41) is 11.1. The van der Waals surface area contributed by atoms with Gasteiger partial charge in [0.15, 0.2) is 0 Å². The number of alkyl halides is 3. The molecule has 0 heterocycles. The molecule has 110 valence electrons. The maximum atomic E-state index is 12.6. The van der Waals surface area contributed by atoms with Crippen LogP contribution in [0.5, 0.6) is 0 Å². The Morgan fingerprint density at radius 1 is 1.20 bits per heavy atom. The number of rotatable bonds is 2. The third-order valence-corrected chi connectivity index (χ3v) is 3.80. The van der Waals surface area contributed by atoms with Crippen LogP contribution in [0.1, 0.15) is 43.2 Å². The molecule has 1 fully saturated rings. The Labute approximate surface area is 113 Å². The molecule has 0 aliphatic heterocycles. The number of nitro groups is 1. The molecule has 0 unspecified atom stereocenters. The average Bonchev–Trinajstić information content (AvgIpc) is 2.38. The lowest BCUT2D eigenvalue weighted by molar-refractivity contribution is -0.386. The molecular weight excluding hydrogens is 273 g/mol. The predicted molar refractivity (Wildman–Crippen MR) is 67.0 cm³/mol. The molecule has 2 rings (SSSR count). The van der Waals surface area contributed by atoms with Crippen molar-refractivity contribution >= 4 is 5.69 Å². The van der Waals surface area contributed by atoms with Crippen molar-refractivity contribution in [3.05, 3.63) is 39.4 Å². The second-order valence-electron chi connectivity index (χ2n) is 5.20. The number of halogens is 3. The van der Waals surface area contributed by atoms with Gasteiger partial charge in [0.1, 0.15) is 0 Å². The van der Waals surface area contributed by atoms with Crippen LogP contribution in [0.3, 0.4) is 0 Å². The highest BCUT2D eigenvalue weighted by Gasteiger charge is 2.38. The summed E-state index contributed by atoms with van der Waals surface area (Å²) in [6.07, 6.45) is -0.841. The molecule has 4 nitrogen and oxygen atoms in total. The zero-order valence-electron chi connectivity index (χ0n) is 10.7. The van der Waals surface area contributed by atoms with E-state index < -0.39 is 27.9 Å². The molecule has 0 atom stereocenters. The van der Waals surface area contributed by atoms with E-state index in [4.69, 9.17) is 5.73 Å². The Balaban J connectivity index is 2.50. The van der Waals surface area contributed by atoms with Crippen LogP contribution in [0, 0.1) is 10.1 Å². The van der Waals surface area contributed by atoms with Gasteiger partial charge >= 0.3 is 6.18 Å². The van der Waals surface area contributed by atoms with Crippen molar-refractivity contribution in [1.29, 1.82) is 0 Å². The normalized spacial score (nSPS) is 18.8. The molecule has 7 heteroatoms. The SMILES string of the molecule is NC1(c2ccc(C(F)(F)F)cc2[N+](=O)[O-])CCCCC1. The fourth-order valence-electron chi connectivity index (χ4n) is 2.73. The molecule has 0 saturated heterocycles. The minimum atomic E-state index is -4.60. The first-order valence-corrected chi connectivity index (χ1v) is 6.39. The number of nitro benzene ring substituents is 1. The van der Waals surface area contributed by atoms with Crippen molar-refractivity contribution in [2.24, 2.45) is 5.73 Å². The van der Waals surface area contributed by atoms with Crippen molar-refractivity contribution < 1.29 is 18.1 Å². The van der Waals surface area contributed by atoms with E-state index >= 15 is 0 Å². The molecule has 0 amide bonds. The van der Waals surface area contributed by atoms with Crippen molar-refractivity contribution in [3.63, 3.8) is 0 Å². The van der Waals surface area contributed by atoms with Gasteiger partial charge in [-0.1, -0.05) is 19.3 Å². The molecule has 1 aliphatic carbocycles. The highest BCUT2D eigenvalue weighted by atomic mass is 19.4. The first-order chi connectivity index (χ1) is 9.24. The first kappa shape index (κ1) is 14.8. The Morgan fingerprint density at radius 2 is 1.80 bits per heavy atom. The molecule has 1 saturated carbocycles. The standard InChI is InChI=1S/C13H15F3N2O2/c14-13(15,16)9-4-5-10(11(8-9)18(19)20)12(17)6-2-1-3-7-12/h4-5,8H,1-3,6-7,17H2. The van der Waals surface area contributed by atoms with Crippen LogP contribution in [-0.4, -0.2) is 4.92 Å². The van der Waals surface area contributed by atoms with Gasteiger partial charge in [-0.05, 0) is 25.0 Å². The van der Waals surface area contributed by atoms with Gasteiger partial charge in [0.25, 0.3) is 5.69 Å². The molecule has 1 aromatic rings. The Hall–Kier alpha value is -1.63. The van der Waals surface area contributed by atoms with Gasteiger partial charge < -0.3 is 5.73 Å². The van der Waals surface area contributed by atoms with Crippen LogP contribution in [0.25, 0.3) is 0 Å². The molecule has 0 radical (unpaired) electrons. The largest absolute Gasteiger partial charge is 0.416 e. The summed E-state index contributed by atoms with van der Waals surface area (Å²) in [5.74, 6) is 0. The van der Waals surface area contributed by atoms with Crippen molar-refractivity contribution in [3.8, 4) is 0 Å². The monoisotopic (exact) mass is 288 g/mol. The van der Waals surface area contributed by atoms with E-state index in [0.717, 1.165) is 31.4 Å². The van der Waals surface area contributed by atoms with Gasteiger partial charge in [-0.2, -0.15) is 13.2 Å². The van der Waals surface area contributed by atoms with Crippen LogP contribution in [0.2, 0.25) is 0 Å². The Bertz CT molecular complexity index is 523. The zero-order chi connectivity index (χ0) is 15.0. The average molecular weight is 288 g/mol.